The quantitative estimate of drug-likeness (QED) is 0.468. The lowest BCUT2D eigenvalue weighted by atomic mass is 9.96. The minimum Gasteiger partial charge on any atom is -0.493 e. The normalized spacial score (nSPS) is 14.5. The first-order chi connectivity index (χ1) is 17.4. The number of hydrogen-bond donors (Lipinski definition) is 1. The van der Waals surface area contributed by atoms with Gasteiger partial charge in [-0.3, -0.25) is 9.69 Å². The van der Waals surface area contributed by atoms with E-state index in [1.54, 1.807) is 21.3 Å². The minimum atomic E-state index is -0.781. The van der Waals surface area contributed by atoms with Crippen LogP contribution in [0.2, 0.25) is 0 Å². The zero-order valence-corrected chi connectivity index (χ0v) is 20.5. The van der Waals surface area contributed by atoms with Crippen molar-refractivity contribution in [3.05, 3.63) is 59.3 Å². The summed E-state index contributed by atoms with van der Waals surface area (Å²) in [5.41, 5.74) is 1.16. The number of piperidine rings is 1. The molecule has 1 aromatic heterocycles. The number of carbonyl (C=O) groups is 1. The molecule has 8 nitrogen and oxygen atoms in total. The molecule has 0 unspecified atom stereocenters. The van der Waals surface area contributed by atoms with Crippen LogP contribution >= 0.6 is 0 Å². The second kappa shape index (κ2) is 11.4. The third-order valence-electron chi connectivity index (χ3n) is 6.33. The third-order valence-corrected chi connectivity index (χ3v) is 6.33. The molecule has 1 saturated heterocycles. The van der Waals surface area contributed by atoms with Crippen LogP contribution in [-0.4, -0.2) is 56.9 Å². The van der Waals surface area contributed by atoms with Crippen molar-refractivity contribution in [3.8, 4) is 28.6 Å². The van der Waals surface area contributed by atoms with Gasteiger partial charge in [-0.1, -0.05) is 5.16 Å². The minimum absolute atomic E-state index is 0.0439. The van der Waals surface area contributed by atoms with Crippen LogP contribution in [0.3, 0.4) is 0 Å². The Morgan fingerprint density at radius 1 is 1.06 bits per heavy atom. The molecule has 0 bridgehead atoms. The molecule has 36 heavy (non-hydrogen) atoms. The van der Waals surface area contributed by atoms with Crippen molar-refractivity contribution in [2.45, 2.75) is 19.4 Å². The molecule has 1 amide bonds. The number of carbonyl (C=O) groups excluding carboxylic acids is 1. The monoisotopic (exact) mass is 501 g/mol. The van der Waals surface area contributed by atoms with Gasteiger partial charge in [-0.25, -0.2) is 8.78 Å². The Morgan fingerprint density at radius 3 is 2.36 bits per heavy atom. The van der Waals surface area contributed by atoms with Gasteiger partial charge in [0.05, 0.1) is 26.9 Å². The van der Waals surface area contributed by atoms with Gasteiger partial charge in [0.15, 0.2) is 23.0 Å². The highest BCUT2D eigenvalue weighted by Gasteiger charge is 2.23. The Kier molecular flexibility index (Phi) is 8.04. The third kappa shape index (κ3) is 5.76. The number of benzene rings is 2. The van der Waals surface area contributed by atoms with Crippen LogP contribution in [0.5, 0.6) is 17.2 Å². The Morgan fingerprint density at radius 2 is 1.75 bits per heavy atom. The lowest BCUT2D eigenvalue weighted by Gasteiger charge is -2.32. The second-order valence-corrected chi connectivity index (χ2v) is 8.66. The first-order valence-corrected chi connectivity index (χ1v) is 11.6. The van der Waals surface area contributed by atoms with E-state index in [0.29, 0.717) is 29.7 Å². The van der Waals surface area contributed by atoms with Crippen LogP contribution in [0.25, 0.3) is 11.3 Å². The van der Waals surface area contributed by atoms with Crippen LogP contribution in [0, 0.1) is 17.6 Å². The highest BCUT2D eigenvalue weighted by molar-refractivity contribution is 5.93. The van der Waals surface area contributed by atoms with Crippen LogP contribution in [0.4, 0.5) is 8.78 Å². The Balaban J connectivity index is 1.27. The Hall–Kier alpha value is -3.66. The number of hydrogen-bond acceptors (Lipinski definition) is 7. The van der Waals surface area contributed by atoms with Crippen molar-refractivity contribution in [1.29, 1.82) is 0 Å². The number of ether oxygens (including phenoxy) is 3. The van der Waals surface area contributed by atoms with Gasteiger partial charge < -0.3 is 24.1 Å². The largest absolute Gasteiger partial charge is 0.493 e. The van der Waals surface area contributed by atoms with E-state index >= 15 is 0 Å². The van der Waals surface area contributed by atoms with Gasteiger partial charge in [0.25, 0.3) is 5.91 Å². The number of rotatable bonds is 9. The zero-order chi connectivity index (χ0) is 25.7. The van der Waals surface area contributed by atoms with Crippen LogP contribution in [-0.2, 0) is 6.54 Å². The predicted octanol–water partition coefficient (Wildman–Crippen LogP) is 4.29. The van der Waals surface area contributed by atoms with E-state index in [0.717, 1.165) is 50.2 Å². The molecule has 2 aromatic carbocycles. The van der Waals surface area contributed by atoms with Gasteiger partial charge >= 0.3 is 0 Å². The Bertz CT molecular complexity index is 1180. The number of aromatic nitrogens is 1. The van der Waals surface area contributed by atoms with Crippen molar-refractivity contribution in [2.75, 3.05) is 41.0 Å². The zero-order valence-electron chi connectivity index (χ0n) is 20.5. The molecular formula is C26H29F2N3O5. The number of amides is 1. The van der Waals surface area contributed by atoms with Gasteiger partial charge in [-0.15, -0.1) is 0 Å². The molecule has 0 spiro atoms. The Labute approximate surface area is 208 Å². The topological polar surface area (TPSA) is 86.1 Å². The molecule has 0 atom stereocenters. The van der Waals surface area contributed by atoms with Crippen molar-refractivity contribution in [2.24, 2.45) is 5.92 Å². The average Bonchev–Trinajstić information content (AvgIpc) is 3.37. The van der Waals surface area contributed by atoms with E-state index in [-0.39, 0.29) is 17.0 Å². The van der Waals surface area contributed by atoms with Gasteiger partial charge in [-0.2, -0.15) is 0 Å². The number of methoxy groups -OCH3 is 3. The fraction of sp³-hybridized carbons (Fsp3) is 0.385. The van der Waals surface area contributed by atoms with Gasteiger partial charge in [0, 0.05) is 25.2 Å². The van der Waals surface area contributed by atoms with E-state index in [4.69, 9.17) is 18.7 Å². The maximum Gasteiger partial charge on any atom is 0.273 e. The summed E-state index contributed by atoms with van der Waals surface area (Å²) in [6.45, 7) is 3.02. The molecule has 1 aliphatic heterocycles. The molecule has 0 saturated carbocycles. The standard InChI is InChI=1S/C26H29F2N3O5/c1-33-23-10-17(11-24(34-2)25(23)35-3)15-31-8-6-16(7-9-31)14-29-26(32)21-13-22(36-30-21)19-5-4-18(27)12-20(19)28/h4-5,10-13,16H,6-9,14-15H2,1-3H3,(H,29,32). The fourth-order valence-electron chi connectivity index (χ4n) is 4.36. The molecule has 1 fully saturated rings. The lowest BCUT2D eigenvalue weighted by Crippen LogP contribution is -2.38. The summed E-state index contributed by atoms with van der Waals surface area (Å²) < 4.78 is 48.5. The number of likely N-dealkylation sites (tertiary alicyclic amines) is 1. The fourth-order valence-corrected chi connectivity index (χ4v) is 4.36. The number of nitrogens with zero attached hydrogens (tertiary/aromatic N) is 2. The van der Waals surface area contributed by atoms with Crippen molar-refractivity contribution in [1.82, 2.24) is 15.4 Å². The van der Waals surface area contributed by atoms with Crippen molar-refractivity contribution >= 4 is 5.91 Å². The average molecular weight is 502 g/mol. The summed E-state index contributed by atoms with van der Waals surface area (Å²) in [7, 11) is 4.78. The summed E-state index contributed by atoms with van der Waals surface area (Å²) in [6, 6.07) is 8.39. The molecule has 4 rings (SSSR count). The van der Waals surface area contributed by atoms with Gasteiger partial charge in [0.1, 0.15) is 11.6 Å². The maximum atomic E-state index is 14.0. The smallest absolute Gasteiger partial charge is 0.273 e. The molecule has 10 heteroatoms. The second-order valence-electron chi connectivity index (χ2n) is 8.66. The first-order valence-electron chi connectivity index (χ1n) is 11.6. The molecule has 2 heterocycles. The van der Waals surface area contributed by atoms with Crippen LogP contribution in [0.1, 0.15) is 28.9 Å². The molecule has 3 aromatic rings. The summed E-state index contributed by atoms with van der Waals surface area (Å²) >= 11 is 0. The van der Waals surface area contributed by atoms with Crippen LogP contribution in [0.15, 0.2) is 40.9 Å². The van der Waals surface area contributed by atoms with Gasteiger partial charge in [0.2, 0.25) is 5.75 Å². The van der Waals surface area contributed by atoms with E-state index in [1.165, 1.54) is 12.1 Å². The maximum absolute atomic E-state index is 14.0. The van der Waals surface area contributed by atoms with E-state index < -0.39 is 17.5 Å². The first kappa shape index (κ1) is 25.4. The molecular weight excluding hydrogens is 472 g/mol. The number of nitrogens with one attached hydrogen (secondary N) is 1. The van der Waals surface area contributed by atoms with Crippen molar-refractivity contribution < 1.29 is 32.3 Å². The highest BCUT2D eigenvalue weighted by atomic mass is 19.1. The SMILES string of the molecule is COc1cc(CN2CCC(CNC(=O)c3cc(-c4ccc(F)cc4F)on3)CC2)cc(OC)c1OC. The summed E-state index contributed by atoms with van der Waals surface area (Å²) in [6.07, 6.45) is 1.85. The molecule has 192 valence electrons. The van der Waals surface area contributed by atoms with Crippen LogP contribution < -0.4 is 19.5 Å². The molecule has 1 aliphatic rings. The molecule has 0 aliphatic carbocycles. The number of halogens is 2. The van der Waals surface area contributed by atoms with E-state index in [1.807, 2.05) is 12.1 Å². The van der Waals surface area contributed by atoms with Gasteiger partial charge in [-0.05, 0) is 61.7 Å². The highest BCUT2D eigenvalue weighted by Crippen LogP contribution is 2.38. The summed E-state index contributed by atoms with van der Waals surface area (Å²) in [5, 5.41) is 6.62. The predicted molar refractivity (Wildman–Crippen MR) is 128 cm³/mol. The molecule has 0 radical (unpaired) electrons. The summed E-state index contributed by atoms with van der Waals surface area (Å²) in [5.74, 6) is 0.348. The van der Waals surface area contributed by atoms with E-state index in [9.17, 15) is 13.6 Å². The molecule has 1 N–H and O–H groups in total. The van der Waals surface area contributed by atoms with Crippen molar-refractivity contribution in [3.63, 3.8) is 0 Å². The van der Waals surface area contributed by atoms with E-state index in [2.05, 4.69) is 15.4 Å². The summed E-state index contributed by atoms with van der Waals surface area (Å²) in [4.78, 5) is 14.9. The lowest BCUT2D eigenvalue weighted by molar-refractivity contribution is 0.0926.